The lowest BCUT2D eigenvalue weighted by Gasteiger charge is -2.39. The molecule has 2 aromatic rings. The summed E-state index contributed by atoms with van der Waals surface area (Å²) in [7, 11) is 1.68. The molecule has 6 heteroatoms. The van der Waals surface area contributed by atoms with Gasteiger partial charge in [0.2, 0.25) is 5.91 Å². The van der Waals surface area contributed by atoms with E-state index in [2.05, 4.69) is 48.0 Å². The number of rotatable bonds is 7. The molecule has 1 saturated heterocycles. The molecule has 1 aromatic carbocycles. The van der Waals surface area contributed by atoms with Gasteiger partial charge in [-0.1, -0.05) is 20.8 Å². The van der Waals surface area contributed by atoms with Crippen LogP contribution >= 0.6 is 0 Å². The molecule has 1 aliphatic heterocycles. The molecule has 1 atom stereocenters. The number of anilines is 1. The third-order valence-electron chi connectivity index (χ3n) is 5.25. The molecule has 6 nitrogen and oxygen atoms in total. The first-order chi connectivity index (χ1) is 13.9. The summed E-state index contributed by atoms with van der Waals surface area (Å²) in [5.41, 5.74) is 1.19. The van der Waals surface area contributed by atoms with E-state index in [9.17, 15) is 4.79 Å². The highest BCUT2D eigenvalue weighted by Crippen LogP contribution is 2.26. The second-order valence-corrected chi connectivity index (χ2v) is 8.79. The van der Waals surface area contributed by atoms with E-state index >= 15 is 0 Å². The van der Waals surface area contributed by atoms with Crippen LogP contribution in [0.1, 0.15) is 39.0 Å². The molecule has 1 amide bonds. The number of piperazine rings is 1. The Balaban J connectivity index is 1.60. The Bertz CT molecular complexity index is 758. The third-order valence-corrected chi connectivity index (χ3v) is 5.25. The Kier molecular flexibility index (Phi) is 6.85. The fourth-order valence-corrected chi connectivity index (χ4v) is 3.73. The van der Waals surface area contributed by atoms with Gasteiger partial charge in [-0.15, -0.1) is 0 Å². The van der Waals surface area contributed by atoms with Crippen molar-refractivity contribution in [2.24, 2.45) is 5.41 Å². The maximum atomic E-state index is 12.3. The number of furan rings is 1. The molecule has 1 N–H and O–H groups in total. The molecule has 1 aromatic heterocycles. The molecule has 2 heterocycles. The molecular formula is C23H33N3O3. The number of benzene rings is 1. The van der Waals surface area contributed by atoms with Crippen molar-refractivity contribution in [3.8, 4) is 5.75 Å². The first-order valence-electron chi connectivity index (χ1n) is 10.3. The maximum Gasteiger partial charge on any atom is 0.220 e. The second-order valence-electron chi connectivity index (χ2n) is 8.79. The summed E-state index contributed by atoms with van der Waals surface area (Å²) in [5.74, 6) is 1.86. The summed E-state index contributed by atoms with van der Waals surface area (Å²) in [6, 6.07) is 12.2. The van der Waals surface area contributed by atoms with Gasteiger partial charge in [0, 0.05) is 44.8 Å². The van der Waals surface area contributed by atoms with Crippen molar-refractivity contribution in [2.75, 3.05) is 44.7 Å². The minimum Gasteiger partial charge on any atom is -0.497 e. The lowest BCUT2D eigenvalue weighted by Crippen LogP contribution is -2.50. The van der Waals surface area contributed by atoms with Crippen LogP contribution in [0.25, 0.3) is 0 Å². The van der Waals surface area contributed by atoms with E-state index in [-0.39, 0.29) is 17.4 Å². The SMILES string of the molecule is COc1ccc(N2CCN([C@H](CNC(=O)CC(C)(C)C)c3ccco3)CC2)cc1. The molecule has 3 rings (SSSR count). The number of carbonyl (C=O) groups is 1. The normalized spacial score (nSPS) is 16.5. The minimum atomic E-state index is -0.0196. The summed E-state index contributed by atoms with van der Waals surface area (Å²) < 4.78 is 10.9. The van der Waals surface area contributed by atoms with Crippen LogP contribution in [0, 0.1) is 5.41 Å². The molecule has 0 saturated carbocycles. The van der Waals surface area contributed by atoms with Crippen LogP contribution in [0.2, 0.25) is 0 Å². The molecule has 0 aliphatic carbocycles. The van der Waals surface area contributed by atoms with Crippen LogP contribution in [0.15, 0.2) is 47.1 Å². The van der Waals surface area contributed by atoms with Crippen molar-refractivity contribution in [3.05, 3.63) is 48.4 Å². The number of methoxy groups -OCH3 is 1. The largest absolute Gasteiger partial charge is 0.497 e. The summed E-state index contributed by atoms with van der Waals surface area (Å²) in [5, 5.41) is 3.11. The quantitative estimate of drug-likeness (QED) is 0.769. The Morgan fingerprint density at radius 2 is 1.83 bits per heavy atom. The predicted octanol–water partition coefficient (Wildman–Crippen LogP) is 3.70. The van der Waals surface area contributed by atoms with Crippen molar-refractivity contribution >= 4 is 11.6 Å². The Labute approximate surface area is 173 Å². The summed E-state index contributed by atoms with van der Waals surface area (Å²) in [4.78, 5) is 17.1. The van der Waals surface area contributed by atoms with Crippen LogP contribution in [-0.4, -0.2) is 50.6 Å². The first-order valence-corrected chi connectivity index (χ1v) is 10.3. The zero-order valence-corrected chi connectivity index (χ0v) is 18.0. The monoisotopic (exact) mass is 399 g/mol. The van der Waals surface area contributed by atoms with Crippen molar-refractivity contribution in [3.63, 3.8) is 0 Å². The summed E-state index contributed by atoms with van der Waals surface area (Å²) in [6.07, 6.45) is 2.22. The van der Waals surface area contributed by atoms with Gasteiger partial charge in [-0.05, 0) is 41.8 Å². The fraction of sp³-hybridized carbons (Fsp3) is 0.522. The van der Waals surface area contributed by atoms with E-state index in [0.717, 1.165) is 37.7 Å². The van der Waals surface area contributed by atoms with E-state index in [0.29, 0.717) is 13.0 Å². The number of nitrogens with one attached hydrogen (secondary N) is 1. The van der Waals surface area contributed by atoms with Gasteiger partial charge in [0.05, 0.1) is 19.4 Å². The number of nitrogens with zero attached hydrogens (tertiary/aromatic N) is 2. The number of ether oxygens (including phenoxy) is 1. The van der Waals surface area contributed by atoms with Crippen LogP contribution < -0.4 is 15.0 Å². The van der Waals surface area contributed by atoms with Gasteiger partial charge in [0.25, 0.3) is 0 Å². The molecule has 0 spiro atoms. The first kappa shape index (κ1) is 21.2. The number of hydrogen-bond donors (Lipinski definition) is 1. The molecular weight excluding hydrogens is 366 g/mol. The predicted molar refractivity (Wildman–Crippen MR) is 115 cm³/mol. The topological polar surface area (TPSA) is 58.0 Å². The number of carbonyl (C=O) groups excluding carboxylic acids is 1. The van der Waals surface area contributed by atoms with Gasteiger partial charge in [0.1, 0.15) is 11.5 Å². The van der Waals surface area contributed by atoms with Crippen molar-refractivity contribution in [2.45, 2.75) is 33.2 Å². The second kappa shape index (κ2) is 9.35. The van der Waals surface area contributed by atoms with E-state index in [4.69, 9.17) is 9.15 Å². The smallest absolute Gasteiger partial charge is 0.220 e. The molecule has 0 bridgehead atoms. The molecule has 1 aliphatic rings. The summed E-state index contributed by atoms with van der Waals surface area (Å²) >= 11 is 0. The molecule has 29 heavy (non-hydrogen) atoms. The Morgan fingerprint density at radius 3 is 2.38 bits per heavy atom. The van der Waals surface area contributed by atoms with Gasteiger partial charge in [-0.3, -0.25) is 9.69 Å². The average Bonchev–Trinajstić information content (AvgIpc) is 3.22. The van der Waals surface area contributed by atoms with Gasteiger partial charge in [0.15, 0.2) is 0 Å². The zero-order valence-electron chi connectivity index (χ0n) is 18.0. The zero-order chi connectivity index (χ0) is 20.9. The lowest BCUT2D eigenvalue weighted by molar-refractivity contribution is -0.123. The highest BCUT2D eigenvalue weighted by atomic mass is 16.5. The Morgan fingerprint density at radius 1 is 1.14 bits per heavy atom. The van der Waals surface area contributed by atoms with Crippen molar-refractivity contribution < 1.29 is 13.9 Å². The van der Waals surface area contributed by atoms with E-state index in [1.807, 2.05) is 24.3 Å². The van der Waals surface area contributed by atoms with Gasteiger partial charge < -0.3 is 19.4 Å². The molecule has 1 fully saturated rings. The van der Waals surface area contributed by atoms with Crippen LogP contribution in [-0.2, 0) is 4.79 Å². The molecule has 0 unspecified atom stereocenters. The highest BCUT2D eigenvalue weighted by Gasteiger charge is 2.28. The van der Waals surface area contributed by atoms with Crippen LogP contribution in [0.5, 0.6) is 5.75 Å². The van der Waals surface area contributed by atoms with Gasteiger partial charge in [-0.25, -0.2) is 0 Å². The minimum absolute atomic E-state index is 0.0196. The Hall–Kier alpha value is -2.47. The molecule has 158 valence electrons. The third kappa shape index (κ3) is 6.00. The highest BCUT2D eigenvalue weighted by molar-refractivity contribution is 5.76. The van der Waals surface area contributed by atoms with Crippen molar-refractivity contribution in [1.82, 2.24) is 10.2 Å². The standard InChI is InChI=1S/C23H33N3O3/c1-23(2,3)16-22(27)24-17-20(21-6-5-15-29-21)26-13-11-25(12-14-26)18-7-9-19(28-4)10-8-18/h5-10,15,20H,11-14,16-17H2,1-4H3,(H,24,27)/t20-/m1/s1. The van der Waals surface area contributed by atoms with E-state index in [1.54, 1.807) is 13.4 Å². The molecule has 0 radical (unpaired) electrons. The van der Waals surface area contributed by atoms with Gasteiger partial charge >= 0.3 is 0 Å². The average molecular weight is 400 g/mol. The number of amides is 1. The van der Waals surface area contributed by atoms with Gasteiger partial charge in [-0.2, -0.15) is 0 Å². The fourth-order valence-electron chi connectivity index (χ4n) is 3.73. The maximum absolute atomic E-state index is 12.3. The van der Waals surface area contributed by atoms with Crippen molar-refractivity contribution in [1.29, 1.82) is 0 Å². The number of hydrogen-bond acceptors (Lipinski definition) is 5. The van der Waals surface area contributed by atoms with E-state index < -0.39 is 0 Å². The van der Waals surface area contributed by atoms with E-state index in [1.165, 1.54) is 5.69 Å². The van der Waals surface area contributed by atoms with Crippen LogP contribution in [0.4, 0.5) is 5.69 Å². The van der Waals surface area contributed by atoms with Crippen LogP contribution in [0.3, 0.4) is 0 Å². The summed E-state index contributed by atoms with van der Waals surface area (Å²) in [6.45, 7) is 10.5. The lowest BCUT2D eigenvalue weighted by atomic mass is 9.92.